The summed E-state index contributed by atoms with van der Waals surface area (Å²) < 4.78 is 5.39. The molecule has 1 aliphatic carbocycles. The molecule has 0 saturated heterocycles. The van der Waals surface area contributed by atoms with Gasteiger partial charge in [0.05, 0.1) is 0 Å². The van der Waals surface area contributed by atoms with Crippen LogP contribution in [0.15, 0.2) is 42.5 Å². The van der Waals surface area contributed by atoms with E-state index in [1.54, 1.807) is 0 Å². The van der Waals surface area contributed by atoms with E-state index in [2.05, 4.69) is 6.08 Å². The number of allylic oxidation sites excluding steroid dienone is 1. The SMILES string of the molecule is O=C(CCc1ccccc1)OC1C=CCCC1. The minimum atomic E-state index is -0.0922. The Morgan fingerprint density at radius 1 is 1.29 bits per heavy atom. The maximum atomic E-state index is 11.6. The third kappa shape index (κ3) is 4.06. The summed E-state index contributed by atoms with van der Waals surface area (Å²) in [6.45, 7) is 0. The van der Waals surface area contributed by atoms with E-state index in [9.17, 15) is 4.79 Å². The Kier molecular flexibility index (Phi) is 4.37. The van der Waals surface area contributed by atoms with Crippen molar-refractivity contribution in [3.05, 3.63) is 48.0 Å². The second kappa shape index (κ2) is 6.24. The Morgan fingerprint density at radius 3 is 2.82 bits per heavy atom. The lowest BCUT2D eigenvalue weighted by Gasteiger charge is -2.16. The highest BCUT2D eigenvalue weighted by Crippen LogP contribution is 2.14. The molecule has 2 rings (SSSR count). The van der Waals surface area contributed by atoms with E-state index >= 15 is 0 Å². The summed E-state index contributed by atoms with van der Waals surface area (Å²) in [5.41, 5.74) is 1.18. The predicted molar refractivity (Wildman–Crippen MR) is 67.6 cm³/mol. The standard InChI is InChI=1S/C15H18O2/c16-15(17-14-9-5-2-6-10-14)12-11-13-7-3-1-4-8-13/h1,3-5,7-9,14H,2,6,10-12H2. The topological polar surface area (TPSA) is 26.3 Å². The monoisotopic (exact) mass is 230 g/mol. The largest absolute Gasteiger partial charge is 0.458 e. The third-order valence-corrected chi connectivity index (χ3v) is 2.95. The molecule has 0 N–H and O–H groups in total. The highest BCUT2D eigenvalue weighted by Gasteiger charge is 2.13. The quantitative estimate of drug-likeness (QED) is 0.586. The molecular weight excluding hydrogens is 212 g/mol. The summed E-state index contributed by atoms with van der Waals surface area (Å²) in [5.74, 6) is -0.0922. The smallest absolute Gasteiger partial charge is 0.306 e. The number of esters is 1. The summed E-state index contributed by atoms with van der Waals surface area (Å²) in [6.07, 6.45) is 8.53. The van der Waals surface area contributed by atoms with Crippen LogP contribution in [-0.2, 0) is 16.0 Å². The Morgan fingerprint density at radius 2 is 2.12 bits per heavy atom. The van der Waals surface area contributed by atoms with E-state index in [0.717, 1.165) is 25.7 Å². The lowest BCUT2D eigenvalue weighted by molar-refractivity contribution is -0.147. The van der Waals surface area contributed by atoms with Gasteiger partial charge in [-0.05, 0) is 37.3 Å². The number of hydrogen-bond acceptors (Lipinski definition) is 2. The van der Waals surface area contributed by atoms with Crippen molar-refractivity contribution < 1.29 is 9.53 Å². The molecule has 1 aromatic carbocycles. The number of carbonyl (C=O) groups excluding carboxylic acids is 1. The van der Waals surface area contributed by atoms with Crippen molar-refractivity contribution in [2.45, 2.75) is 38.2 Å². The number of benzene rings is 1. The molecule has 0 spiro atoms. The van der Waals surface area contributed by atoms with E-state index in [0.29, 0.717) is 6.42 Å². The molecule has 1 unspecified atom stereocenters. The molecule has 0 amide bonds. The van der Waals surface area contributed by atoms with Gasteiger partial charge in [0.1, 0.15) is 6.10 Å². The van der Waals surface area contributed by atoms with Crippen LogP contribution in [0, 0.1) is 0 Å². The summed E-state index contributed by atoms with van der Waals surface area (Å²) in [6, 6.07) is 10.0. The molecule has 17 heavy (non-hydrogen) atoms. The van der Waals surface area contributed by atoms with E-state index in [-0.39, 0.29) is 12.1 Å². The molecule has 0 aliphatic heterocycles. The molecule has 1 aliphatic rings. The molecule has 0 fully saturated rings. The number of hydrogen-bond donors (Lipinski definition) is 0. The lowest BCUT2D eigenvalue weighted by Crippen LogP contribution is -2.18. The molecule has 0 saturated carbocycles. The van der Waals surface area contributed by atoms with Crippen LogP contribution >= 0.6 is 0 Å². The minimum Gasteiger partial charge on any atom is -0.458 e. The maximum absolute atomic E-state index is 11.6. The first-order valence-electron chi connectivity index (χ1n) is 6.24. The summed E-state index contributed by atoms with van der Waals surface area (Å²) in [7, 11) is 0. The summed E-state index contributed by atoms with van der Waals surface area (Å²) in [4.78, 5) is 11.6. The predicted octanol–water partition coefficient (Wildman–Crippen LogP) is 3.27. The van der Waals surface area contributed by atoms with Gasteiger partial charge in [-0.2, -0.15) is 0 Å². The fraction of sp³-hybridized carbons (Fsp3) is 0.400. The Labute approximate surface area is 102 Å². The normalized spacial score (nSPS) is 18.9. The Hall–Kier alpha value is -1.57. The van der Waals surface area contributed by atoms with E-state index in [1.807, 2.05) is 36.4 Å². The fourth-order valence-corrected chi connectivity index (χ4v) is 2.00. The molecule has 0 heterocycles. The molecule has 90 valence electrons. The molecule has 2 heteroatoms. The number of rotatable bonds is 4. The van der Waals surface area contributed by atoms with E-state index < -0.39 is 0 Å². The van der Waals surface area contributed by atoms with Crippen LogP contribution in [0.5, 0.6) is 0 Å². The minimum absolute atomic E-state index is 0.00650. The molecule has 1 aromatic rings. The zero-order chi connectivity index (χ0) is 11.9. The lowest BCUT2D eigenvalue weighted by atomic mass is 10.1. The van der Waals surface area contributed by atoms with Gasteiger partial charge in [-0.25, -0.2) is 0 Å². The van der Waals surface area contributed by atoms with Gasteiger partial charge in [-0.1, -0.05) is 36.4 Å². The van der Waals surface area contributed by atoms with E-state index in [1.165, 1.54) is 5.56 Å². The van der Waals surface area contributed by atoms with Crippen molar-refractivity contribution in [2.24, 2.45) is 0 Å². The first-order chi connectivity index (χ1) is 8.34. The summed E-state index contributed by atoms with van der Waals surface area (Å²) >= 11 is 0. The highest BCUT2D eigenvalue weighted by atomic mass is 16.5. The van der Waals surface area contributed by atoms with Crippen LogP contribution in [0.2, 0.25) is 0 Å². The van der Waals surface area contributed by atoms with Crippen molar-refractivity contribution in [1.82, 2.24) is 0 Å². The van der Waals surface area contributed by atoms with Crippen LogP contribution in [0.4, 0.5) is 0 Å². The second-order valence-electron chi connectivity index (χ2n) is 4.37. The van der Waals surface area contributed by atoms with Gasteiger partial charge < -0.3 is 4.74 Å². The van der Waals surface area contributed by atoms with Gasteiger partial charge in [0.2, 0.25) is 0 Å². The van der Waals surface area contributed by atoms with Crippen LogP contribution in [-0.4, -0.2) is 12.1 Å². The zero-order valence-corrected chi connectivity index (χ0v) is 9.97. The zero-order valence-electron chi connectivity index (χ0n) is 9.97. The molecular formula is C15H18O2. The van der Waals surface area contributed by atoms with Crippen molar-refractivity contribution in [3.63, 3.8) is 0 Å². The maximum Gasteiger partial charge on any atom is 0.306 e. The van der Waals surface area contributed by atoms with Crippen LogP contribution < -0.4 is 0 Å². The Bertz CT molecular complexity index is 381. The van der Waals surface area contributed by atoms with E-state index in [4.69, 9.17) is 4.74 Å². The number of carbonyl (C=O) groups is 1. The number of ether oxygens (including phenoxy) is 1. The van der Waals surface area contributed by atoms with Gasteiger partial charge in [0.25, 0.3) is 0 Å². The molecule has 0 bridgehead atoms. The third-order valence-electron chi connectivity index (χ3n) is 2.95. The first-order valence-corrected chi connectivity index (χ1v) is 6.24. The highest BCUT2D eigenvalue weighted by molar-refractivity contribution is 5.70. The van der Waals surface area contributed by atoms with Crippen LogP contribution in [0.25, 0.3) is 0 Å². The molecule has 0 radical (unpaired) electrons. The summed E-state index contributed by atoms with van der Waals surface area (Å²) in [5, 5.41) is 0. The van der Waals surface area contributed by atoms with Crippen molar-refractivity contribution in [2.75, 3.05) is 0 Å². The average Bonchev–Trinajstić information content (AvgIpc) is 2.39. The Balaban J connectivity index is 1.74. The van der Waals surface area contributed by atoms with Gasteiger partial charge in [-0.15, -0.1) is 0 Å². The van der Waals surface area contributed by atoms with Crippen LogP contribution in [0.1, 0.15) is 31.2 Å². The second-order valence-corrected chi connectivity index (χ2v) is 4.37. The van der Waals surface area contributed by atoms with Gasteiger partial charge in [0, 0.05) is 6.42 Å². The number of aryl methyl sites for hydroxylation is 1. The first kappa shape index (κ1) is 11.9. The molecule has 2 nitrogen and oxygen atoms in total. The van der Waals surface area contributed by atoms with Gasteiger partial charge in [0.15, 0.2) is 0 Å². The van der Waals surface area contributed by atoms with Crippen molar-refractivity contribution in [1.29, 1.82) is 0 Å². The average molecular weight is 230 g/mol. The van der Waals surface area contributed by atoms with Gasteiger partial charge in [-0.3, -0.25) is 4.79 Å². The van der Waals surface area contributed by atoms with Crippen LogP contribution in [0.3, 0.4) is 0 Å². The van der Waals surface area contributed by atoms with Crippen molar-refractivity contribution >= 4 is 5.97 Å². The fourth-order valence-electron chi connectivity index (χ4n) is 2.00. The molecule has 0 aromatic heterocycles. The van der Waals surface area contributed by atoms with Crippen molar-refractivity contribution in [3.8, 4) is 0 Å². The van der Waals surface area contributed by atoms with Gasteiger partial charge >= 0.3 is 5.97 Å². The molecule has 1 atom stereocenters.